The van der Waals surface area contributed by atoms with Crippen LogP contribution in [0.5, 0.6) is 0 Å². The largest absolute Gasteiger partial charge is 0.480 e. The van der Waals surface area contributed by atoms with Gasteiger partial charge < -0.3 is 40.9 Å². The van der Waals surface area contributed by atoms with Gasteiger partial charge in [0.25, 0.3) is 0 Å². The number of nitrogens with zero attached hydrogens (tertiary/aromatic N) is 1. The molecule has 4 rings (SSSR count). The van der Waals surface area contributed by atoms with Gasteiger partial charge >= 0.3 is 5.97 Å². The summed E-state index contributed by atoms with van der Waals surface area (Å²) in [6.45, 7) is 19.9. The fourth-order valence-electron chi connectivity index (χ4n) is 5.59. The summed E-state index contributed by atoms with van der Waals surface area (Å²) in [5.41, 5.74) is 2.82. The summed E-state index contributed by atoms with van der Waals surface area (Å²) in [5, 5.41) is 22.5. The quantitative estimate of drug-likeness (QED) is 0.123. The molecule has 0 aliphatic carbocycles. The Hall–Kier alpha value is -4.20. The highest BCUT2D eigenvalue weighted by atomic mass is 16.4. The number of rotatable bonds is 12. The van der Waals surface area contributed by atoms with E-state index in [0.717, 1.165) is 74.1 Å². The van der Waals surface area contributed by atoms with Crippen molar-refractivity contribution in [3.05, 3.63) is 60.2 Å². The number of carbonyl (C=O) groups excluding carboxylic acids is 3. The number of para-hydroxylation sites is 1. The SMILES string of the molecule is C#CCCCCNC1NCCC(C)C1C.C=O.C=O.CC.CCC.CNc1ccc(CC(NC(=O)C2CCCN2c2ccccc2)C(=O)O)cc1. The van der Waals surface area contributed by atoms with E-state index in [1.165, 1.54) is 19.3 Å². The van der Waals surface area contributed by atoms with Gasteiger partial charge in [-0.25, -0.2) is 4.79 Å². The Morgan fingerprint density at radius 3 is 2.16 bits per heavy atom. The first-order chi connectivity index (χ1) is 24.7. The van der Waals surface area contributed by atoms with Crippen molar-refractivity contribution in [1.82, 2.24) is 16.0 Å². The van der Waals surface area contributed by atoms with Crippen LogP contribution >= 0.6 is 0 Å². The lowest BCUT2D eigenvalue weighted by molar-refractivity contribution is -0.142. The predicted molar refractivity (Wildman–Crippen MR) is 213 cm³/mol. The number of unbranched alkanes of at least 4 members (excludes halogenated alkanes) is 2. The fraction of sp³-hybridized carbons (Fsp3) is 0.561. The summed E-state index contributed by atoms with van der Waals surface area (Å²) in [5.74, 6) is 2.99. The molecule has 5 atom stereocenters. The molecule has 0 radical (unpaired) electrons. The van der Waals surface area contributed by atoms with E-state index in [-0.39, 0.29) is 18.4 Å². The number of aliphatic carboxylic acids is 1. The third-order valence-electron chi connectivity index (χ3n) is 8.44. The minimum Gasteiger partial charge on any atom is -0.480 e. The first-order valence-corrected chi connectivity index (χ1v) is 18.3. The van der Waals surface area contributed by atoms with E-state index in [1.807, 2.05) is 89.1 Å². The van der Waals surface area contributed by atoms with Gasteiger partial charge in [0, 0.05) is 37.8 Å². The van der Waals surface area contributed by atoms with Gasteiger partial charge in [0.2, 0.25) is 5.91 Å². The van der Waals surface area contributed by atoms with Gasteiger partial charge in [0.15, 0.2) is 0 Å². The monoisotopic (exact) mass is 710 g/mol. The number of carboxylic acids is 1. The molecule has 0 bridgehead atoms. The molecule has 0 saturated carbocycles. The van der Waals surface area contributed by atoms with Crippen molar-refractivity contribution >= 4 is 36.8 Å². The normalized spacial score (nSPS) is 19.0. The third kappa shape index (κ3) is 19.7. The molecule has 0 spiro atoms. The lowest BCUT2D eigenvalue weighted by atomic mass is 9.87. The molecule has 2 fully saturated rings. The van der Waals surface area contributed by atoms with Crippen LogP contribution in [-0.4, -0.2) is 75.5 Å². The zero-order valence-electron chi connectivity index (χ0n) is 32.4. The molecule has 2 saturated heterocycles. The molecule has 286 valence electrons. The molecular formula is C41H67N5O5. The molecule has 51 heavy (non-hydrogen) atoms. The number of terminal acetylenes is 1. The van der Waals surface area contributed by atoms with Crippen molar-refractivity contribution < 1.29 is 24.3 Å². The second kappa shape index (κ2) is 31.8. The van der Waals surface area contributed by atoms with Crippen LogP contribution in [0, 0.1) is 24.2 Å². The van der Waals surface area contributed by atoms with Crippen LogP contribution in [0.4, 0.5) is 11.4 Å². The molecule has 2 aliphatic heterocycles. The third-order valence-corrected chi connectivity index (χ3v) is 8.44. The van der Waals surface area contributed by atoms with E-state index in [9.17, 15) is 14.7 Å². The van der Waals surface area contributed by atoms with E-state index in [1.54, 1.807) is 0 Å². The van der Waals surface area contributed by atoms with Crippen molar-refractivity contribution in [2.75, 3.05) is 36.9 Å². The van der Waals surface area contributed by atoms with E-state index in [0.29, 0.717) is 6.17 Å². The second-order valence-corrected chi connectivity index (χ2v) is 12.1. The van der Waals surface area contributed by atoms with E-state index in [2.05, 4.69) is 59.8 Å². The summed E-state index contributed by atoms with van der Waals surface area (Å²) in [7, 11) is 1.83. The van der Waals surface area contributed by atoms with Gasteiger partial charge in [-0.15, -0.1) is 12.3 Å². The van der Waals surface area contributed by atoms with E-state index >= 15 is 0 Å². The number of hydrogen-bond acceptors (Lipinski definition) is 8. The summed E-state index contributed by atoms with van der Waals surface area (Å²) >= 11 is 0. The molecule has 2 aliphatic rings. The molecule has 2 aromatic rings. The molecule has 1 amide bonds. The number of carboxylic acid groups (broad SMARTS) is 1. The number of benzene rings is 2. The number of carbonyl (C=O) groups is 4. The predicted octanol–water partition coefficient (Wildman–Crippen LogP) is 6.55. The van der Waals surface area contributed by atoms with Crippen molar-refractivity contribution in [1.29, 1.82) is 0 Å². The summed E-state index contributed by atoms with van der Waals surface area (Å²) in [6, 6.07) is 16.0. The van der Waals surface area contributed by atoms with Crippen LogP contribution in [0.25, 0.3) is 0 Å². The van der Waals surface area contributed by atoms with Gasteiger partial charge in [0.05, 0.1) is 6.17 Å². The molecule has 5 N–H and O–H groups in total. The maximum Gasteiger partial charge on any atom is 0.326 e. The topological polar surface area (TPSA) is 140 Å². The molecule has 2 heterocycles. The Morgan fingerprint density at radius 1 is 1.00 bits per heavy atom. The molecule has 2 aromatic carbocycles. The zero-order chi connectivity index (χ0) is 39.0. The van der Waals surface area contributed by atoms with Crippen LogP contribution in [-0.2, 0) is 25.6 Å². The Labute approximate surface area is 308 Å². The lowest BCUT2D eigenvalue weighted by Crippen LogP contribution is -2.52. The van der Waals surface area contributed by atoms with E-state index < -0.39 is 12.0 Å². The number of anilines is 2. The van der Waals surface area contributed by atoms with Gasteiger partial charge in [-0.05, 0) is 86.9 Å². The van der Waals surface area contributed by atoms with Gasteiger partial charge in [-0.3, -0.25) is 4.79 Å². The van der Waals surface area contributed by atoms with Crippen LogP contribution in [0.15, 0.2) is 54.6 Å². The summed E-state index contributed by atoms with van der Waals surface area (Å²) < 4.78 is 0. The molecule has 0 aromatic heterocycles. The second-order valence-electron chi connectivity index (χ2n) is 12.1. The Bertz CT molecular complexity index is 1190. The molecule has 10 heteroatoms. The Morgan fingerprint density at radius 2 is 1.61 bits per heavy atom. The fourth-order valence-corrected chi connectivity index (χ4v) is 5.59. The van der Waals surface area contributed by atoms with Crippen LogP contribution in [0.3, 0.4) is 0 Å². The maximum absolute atomic E-state index is 12.8. The van der Waals surface area contributed by atoms with Crippen LogP contribution in [0.2, 0.25) is 0 Å². The van der Waals surface area contributed by atoms with Gasteiger partial charge in [-0.1, -0.05) is 78.3 Å². The smallest absolute Gasteiger partial charge is 0.326 e. The number of amides is 1. The van der Waals surface area contributed by atoms with Crippen LogP contribution in [0.1, 0.15) is 92.1 Å². The summed E-state index contributed by atoms with van der Waals surface area (Å²) in [6.07, 6.45) is 13.4. The highest BCUT2D eigenvalue weighted by molar-refractivity contribution is 5.89. The Balaban J connectivity index is 0. The number of nitrogens with one attached hydrogen (secondary N) is 4. The van der Waals surface area contributed by atoms with Crippen molar-refractivity contribution in [3.63, 3.8) is 0 Å². The number of hydrogen-bond donors (Lipinski definition) is 5. The highest BCUT2D eigenvalue weighted by Crippen LogP contribution is 2.25. The first kappa shape index (κ1) is 48.9. The van der Waals surface area contributed by atoms with E-state index in [4.69, 9.17) is 16.0 Å². The number of piperidine rings is 1. The van der Waals surface area contributed by atoms with Crippen LogP contribution < -0.4 is 26.2 Å². The highest BCUT2D eigenvalue weighted by Gasteiger charge is 2.33. The zero-order valence-corrected chi connectivity index (χ0v) is 32.4. The van der Waals surface area contributed by atoms with Crippen molar-refractivity contribution in [3.8, 4) is 12.3 Å². The molecule has 10 nitrogen and oxygen atoms in total. The maximum atomic E-state index is 12.8. The van der Waals surface area contributed by atoms with Gasteiger partial charge in [-0.2, -0.15) is 0 Å². The Kier molecular flexibility index (Phi) is 30.5. The lowest BCUT2D eigenvalue weighted by Gasteiger charge is -2.35. The summed E-state index contributed by atoms with van der Waals surface area (Å²) in [4.78, 5) is 42.5. The molecular weight excluding hydrogens is 642 g/mol. The standard InChI is InChI=1S/C21H25N3O3.C13H24N2.C3H8.C2H6.2CH2O/c1-22-16-11-9-15(10-12-16)14-18(21(26)27)23-20(25)19-8-5-13-24(19)17-6-3-2-4-7-17;1-4-5-6-7-9-14-13-12(3)11(2)8-10-15-13;1-3-2;3*1-2/h2-4,6-7,9-12,18-19,22H,5,8,13-14H2,1H3,(H,23,25)(H,26,27);1,11-15H,5-10H2,2-3H3;3H2,1-2H3;1-2H3;2*1H2. The van der Waals surface area contributed by atoms with Crippen molar-refractivity contribution in [2.24, 2.45) is 11.8 Å². The average molecular weight is 710 g/mol. The van der Waals surface area contributed by atoms with Crippen molar-refractivity contribution in [2.45, 2.75) is 111 Å². The average Bonchev–Trinajstić information content (AvgIpc) is 3.67. The van der Waals surface area contributed by atoms with Gasteiger partial charge in [0.1, 0.15) is 25.7 Å². The first-order valence-electron chi connectivity index (χ1n) is 18.3. The minimum absolute atomic E-state index is 0.226. The molecule has 5 unspecified atom stereocenters. The minimum atomic E-state index is -1.02.